The summed E-state index contributed by atoms with van der Waals surface area (Å²) in [6.07, 6.45) is 1.23. The second-order valence-corrected chi connectivity index (χ2v) is 4.99. The smallest absolute Gasteiger partial charge is 0.748 e. The van der Waals surface area contributed by atoms with Gasteiger partial charge in [0.2, 0.25) is 0 Å². The molecule has 4 nitrogen and oxygen atoms in total. The van der Waals surface area contributed by atoms with Crippen LogP contribution in [-0.4, -0.2) is 29.4 Å². The van der Waals surface area contributed by atoms with Crippen molar-refractivity contribution in [2.75, 3.05) is 0 Å². The van der Waals surface area contributed by atoms with Gasteiger partial charge in [-0.05, 0) is 19.8 Å². The second-order valence-electron chi connectivity index (χ2n) is 3.34. The largest absolute Gasteiger partial charge is 1.00 e. The Morgan fingerprint density at radius 1 is 1.43 bits per heavy atom. The fourth-order valence-corrected chi connectivity index (χ4v) is 2.16. The van der Waals surface area contributed by atoms with Crippen molar-refractivity contribution in [2.24, 2.45) is 0 Å². The molecule has 0 aliphatic rings. The maximum atomic E-state index is 10.7. The van der Waals surface area contributed by atoms with Crippen LogP contribution in [0.3, 0.4) is 0 Å². The molecule has 2 unspecified atom stereocenters. The van der Waals surface area contributed by atoms with E-state index in [1.54, 1.807) is 0 Å². The van der Waals surface area contributed by atoms with E-state index in [2.05, 4.69) is 0 Å². The van der Waals surface area contributed by atoms with Gasteiger partial charge in [0.15, 0.2) is 0 Å². The Hall–Kier alpha value is 1.51. The van der Waals surface area contributed by atoms with Gasteiger partial charge in [-0.2, -0.15) is 0 Å². The summed E-state index contributed by atoms with van der Waals surface area (Å²) in [5.41, 5.74) is 0. The van der Waals surface area contributed by atoms with Gasteiger partial charge in [-0.25, -0.2) is 8.42 Å². The minimum atomic E-state index is -4.24. The average Bonchev–Trinajstić information content (AvgIpc) is 1.95. The van der Waals surface area contributed by atoms with E-state index in [4.69, 9.17) is 5.11 Å². The Kier molecular flexibility index (Phi) is 11.0. The van der Waals surface area contributed by atoms with Gasteiger partial charge < -0.3 is 9.66 Å². The number of aliphatic hydroxyl groups is 1. The van der Waals surface area contributed by atoms with Crippen molar-refractivity contribution in [3.8, 4) is 0 Å². The molecule has 0 saturated heterocycles. The third-order valence-electron chi connectivity index (χ3n) is 1.89. The Morgan fingerprint density at radius 3 is 2.21 bits per heavy atom. The average molecular weight is 248 g/mol. The molecule has 1 N–H and O–H groups in total. The summed E-state index contributed by atoms with van der Waals surface area (Å²) in [5.74, 6) is 0. The van der Waals surface area contributed by atoms with Gasteiger partial charge in [0, 0.05) is 0 Å². The van der Waals surface area contributed by atoms with Crippen LogP contribution in [0.15, 0.2) is 0 Å². The Labute approximate surface area is 129 Å². The van der Waals surface area contributed by atoms with Crippen molar-refractivity contribution in [2.45, 2.75) is 50.9 Å². The molecule has 2 atom stereocenters. The van der Waals surface area contributed by atoms with Crippen LogP contribution in [0.4, 0.5) is 0 Å². The van der Waals surface area contributed by atoms with Crippen molar-refractivity contribution >= 4 is 10.1 Å². The summed E-state index contributed by atoms with van der Waals surface area (Å²) in [6.45, 7) is 3.42. The molecule has 0 radical (unpaired) electrons. The summed E-state index contributed by atoms with van der Waals surface area (Å²) in [5, 5.41) is 8.06. The van der Waals surface area contributed by atoms with Crippen LogP contribution >= 0.6 is 0 Å². The molecule has 0 aromatic carbocycles. The van der Waals surface area contributed by atoms with E-state index in [1.165, 1.54) is 6.92 Å². The minimum Gasteiger partial charge on any atom is -0.748 e. The predicted octanol–water partition coefficient (Wildman–Crippen LogP) is -2.13. The molecule has 0 spiro atoms. The first-order valence-corrected chi connectivity index (χ1v) is 5.97. The number of hydrogen-bond acceptors (Lipinski definition) is 4. The van der Waals surface area contributed by atoms with E-state index >= 15 is 0 Å². The first-order valence-electron chi connectivity index (χ1n) is 4.50. The first kappa shape index (κ1) is 17.9. The Morgan fingerprint density at radius 2 is 1.93 bits per heavy atom. The minimum absolute atomic E-state index is 0. The summed E-state index contributed by atoms with van der Waals surface area (Å²) in [7, 11) is -4.24. The van der Waals surface area contributed by atoms with Crippen LogP contribution in [0.25, 0.3) is 0 Å². The molecule has 14 heavy (non-hydrogen) atoms. The van der Waals surface area contributed by atoms with Crippen molar-refractivity contribution in [3.05, 3.63) is 0 Å². The molecule has 0 aromatic rings. The van der Waals surface area contributed by atoms with E-state index < -0.39 is 21.5 Å². The van der Waals surface area contributed by atoms with Crippen LogP contribution in [0.2, 0.25) is 0 Å². The first-order chi connectivity index (χ1) is 5.88. The van der Waals surface area contributed by atoms with Gasteiger partial charge >= 0.3 is 51.4 Å². The molecule has 0 saturated carbocycles. The molecule has 0 heterocycles. The van der Waals surface area contributed by atoms with Crippen molar-refractivity contribution in [1.29, 1.82) is 0 Å². The van der Waals surface area contributed by atoms with Crippen molar-refractivity contribution in [3.63, 3.8) is 0 Å². The van der Waals surface area contributed by atoms with Gasteiger partial charge in [-0.1, -0.05) is 19.8 Å². The number of unbranched alkanes of at least 4 members (excludes halogenated alkanes) is 1. The zero-order valence-electron chi connectivity index (χ0n) is 9.06. The fraction of sp³-hybridized carbons (Fsp3) is 1.00. The molecule has 0 aliphatic carbocycles. The molecular weight excluding hydrogens is 231 g/mol. The fourth-order valence-electron chi connectivity index (χ4n) is 1.19. The van der Waals surface area contributed by atoms with Gasteiger partial charge in [-0.3, -0.25) is 0 Å². The van der Waals surface area contributed by atoms with E-state index in [-0.39, 0.29) is 57.8 Å². The maximum absolute atomic E-state index is 10.7. The third kappa shape index (κ3) is 8.79. The molecule has 0 aliphatic heterocycles. The molecule has 0 bridgehead atoms. The Bertz CT molecular complexity index is 225. The molecule has 0 aromatic heterocycles. The van der Waals surface area contributed by atoms with Gasteiger partial charge in [0.1, 0.15) is 0 Å². The van der Waals surface area contributed by atoms with E-state index in [0.29, 0.717) is 12.8 Å². The number of rotatable bonds is 6. The second kappa shape index (κ2) is 8.63. The third-order valence-corrected chi connectivity index (χ3v) is 3.14. The zero-order chi connectivity index (χ0) is 10.5. The van der Waals surface area contributed by atoms with Gasteiger partial charge in [0.25, 0.3) is 0 Å². The van der Waals surface area contributed by atoms with Crippen LogP contribution in [0.5, 0.6) is 0 Å². The van der Waals surface area contributed by atoms with Crippen LogP contribution < -0.4 is 51.4 Å². The SMILES string of the molecule is CCCCC(CC(C)O)S(=O)(=O)[O-].[K+]. The topological polar surface area (TPSA) is 77.4 Å². The zero-order valence-corrected chi connectivity index (χ0v) is 13.0. The van der Waals surface area contributed by atoms with Crippen LogP contribution in [0, 0.1) is 0 Å². The van der Waals surface area contributed by atoms with Crippen LogP contribution in [-0.2, 0) is 10.1 Å². The maximum Gasteiger partial charge on any atom is 1.00 e. The molecule has 0 fully saturated rings. The molecule has 0 amide bonds. The molecular formula is C8H17KO4S. The van der Waals surface area contributed by atoms with Crippen molar-refractivity contribution in [1.82, 2.24) is 0 Å². The summed E-state index contributed by atoms with van der Waals surface area (Å²) < 4.78 is 32.1. The molecule has 80 valence electrons. The quantitative estimate of drug-likeness (QED) is 0.430. The summed E-state index contributed by atoms with van der Waals surface area (Å²) in [6, 6.07) is 0. The van der Waals surface area contributed by atoms with Crippen molar-refractivity contribution < 1.29 is 69.5 Å². The van der Waals surface area contributed by atoms with E-state index in [1.807, 2.05) is 6.92 Å². The Balaban J connectivity index is 0. The molecule has 6 heteroatoms. The van der Waals surface area contributed by atoms with E-state index in [9.17, 15) is 13.0 Å². The van der Waals surface area contributed by atoms with E-state index in [0.717, 1.165) is 6.42 Å². The standard InChI is InChI=1S/C8H18O4S.K/c1-3-4-5-8(6-7(2)9)13(10,11)12;/h7-9H,3-6H2,1-2H3,(H,10,11,12);/q;+1/p-1. The monoisotopic (exact) mass is 248 g/mol. The summed E-state index contributed by atoms with van der Waals surface area (Å²) in [4.78, 5) is 0. The normalized spacial score (nSPS) is 15.7. The van der Waals surface area contributed by atoms with Crippen LogP contribution in [0.1, 0.15) is 39.5 Å². The van der Waals surface area contributed by atoms with Gasteiger partial charge in [-0.15, -0.1) is 0 Å². The number of aliphatic hydroxyl groups excluding tert-OH is 1. The van der Waals surface area contributed by atoms with Gasteiger partial charge in [0.05, 0.1) is 21.5 Å². The summed E-state index contributed by atoms with van der Waals surface area (Å²) >= 11 is 0. The number of hydrogen-bond donors (Lipinski definition) is 1. The molecule has 0 rings (SSSR count). The predicted molar refractivity (Wildman–Crippen MR) is 49.3 cm³/mol.